The molecule has 1 aromatic rings. The molecule has 6 heteroatoms. The SMILES string of the molecule is COC(=O)C(N)C(C)(C)c1cccc(C(F)(F)F)c1. The second kappa shape index (κ2) is 5.21. The number of alkyl halides is 3. The monoisotopic (exact) mass is 275 g/mol. The van der Waals surface area contributed by atoms with Gasteiger partial charge in [0.25, 0.3) is 0 Å². The van der Waals surface area contributed by atoms with Gasteiger partial charge in [-0.1, -0.05) is 32.0 Å². The molecule has 19 heavy (non-hydrogen) atoms. The summed E-state index contributed by atoms with van der Waals surface area (Å²) in [4.78, 5) is 11.4. The van der Waals surface area contributed by atoms with Crippen LogP contribution in [0.15, 0.2) is 24.3 Å². The van der Waals surface area contributed by atoms with Gasteiger partial charge in [-0.2, -0.15) is 13.2 Å². The molecule has 0 heterocycles. The van der Waals surface area contributed by atoms with E-state index in [2.05, 4.69) is 4.74 Å². The first-order chi connectivity index (χ1) is 8.60. The van der Waals surface area contributed by atoms with Crippen LogP contribution in [0.1, 0.15) is 25.0 Å². The fraction of sp³-hybridized carbons (Fsp3) is 0.462. The molecule has 0 fully saturated rings. The Morgan fingerprint density at radius 3 is 2.26 bits per heavy atom. The van der Waals surface area contributed by atoms with E-state index >= 15 is 0 Å². The maximum atomic E-state index is 12.7. The molecule has 0 aliphatic carbocycles. The Hall–Kier alpha value is -1.56. The highest BCUT2D eigenvalue weighted by molar-refractivity contribution is 5.77. The maximum absolute atomic E-state index is 12.7. The number of carbonyl (C=O) groups excluding carboxylic acids is 1. The van der Waals surface area contributed by atoms with Crippen LogP contribution < -0.4 is 5.73 Å². The van der Waals surface area contributed by atoms with Gasteiger partial charge < -0.3 is 10.5 Å². The molecule has 2 N–H and O–H groups in total. The van der Waals surface area contributed by atoms with Crippen LogP contribution in [0, 0.1) is 0 Å². The third kappa shape index (κ3) is 3.26. The average molecular weight is 275 g/mol. The van der Waals surface area contributed by atoms with Gasteiger partial charge in [0.15, 0.2) is 0 Å². The molecule has 0 saturated carbocycles. The number of ether oxygens (including phenoxy) is 1. The van der Waals surface area contributed by atoms with E-state index < -0.39 is 29.2 Å². The van der Waals surface area contributed by atoms with E-state index in [4.69, 9.17) is 5.73 Å². The quantitative estimate of drug-likeness (QED) is 0.862. The molecule has 0 aliphatic heterocycles. The van der Waals surface area contributed by atoms with Crippen LogP contribution in [0.4, 0.5) is 13.2 Å². The number of carbonyl (C=O) groups is 1. The van der Waals surface area contributed by atoms with Crippen molar-refractivity contribution in [2.45, 2.75) is 31.5 Å². The van der Waals surface area contributed by atoms with E-state index in [1.807, 2.05) is 0 Å². The number of rotatable bonds is 3. The second-order valence-electron chi connectivity index (χ2n) is 4.80. The van der Waals surface area contributed by atoms with Crippen molar-refractivity contribution < 1.29 is 22.7 Å². The maximum Gasteiger partial charge on any atom is 0.416 e. The first-order valence-electron chi connectivity index (χ1n) is 5.62. The molecule has 3 nitrogen and oxygen atoms in total. The minimum Gasteiger partial charge on any atom is -0.468 e. The van der Waals surface area contributed by atoms with E-state index in [0.717, 1.165) is 12.1 Å². The predicted octanol–water partition coefficient (Wildman–Crippen LogP) is 2.48. The molecule has 0 radical (unpaired) electrons. The lowest BCUT2D eigenvalue weighted by Crippen LogP contribution is -2.47. The van der Waals surface area contributed by atoms with Gasteiger partial charge in [0.2, 0.25) is 0 Å². The van der Waals surface area contributed by atoms with Gasteiger partial charge in [0.1, 0.15) is 6.04 Å². The van der Waals surface area contributed by atoms with Crippen molar-refractivity contribution in [3.05, 3.63) is 35.4 Å². The third-order valence-electron chi connectivity index (χ3n) is 3.17. The Morgan fingerprint density at radius 2 is 1.79 bits per heavy atom. The zero-order chi connectivity index (χ0) is 14.8. The van der Waals surface area contributed by atoms with Crippen LogP contribution in [0.2, 0.25) is 0 Å². The Bertz CT molecular complexity index is 469. The summed E-state index contributed by atoms with van der Waals surface area (Å²) in [6, 6.07) is 3.74. The van der Waals surface area contributed by atoms with Gasteiger partial charge in [-0.15, -0.1) is 0 Å². The lowest BCUT2D eigenvalue weighted by molar-refractivity contribution is -0.143. The third-order valence-corrected chi connectivity index (χ3v) is 3.17. The fourth-order valence-electron chi connectivity index (χ4n) is 1.70. The molecule has 0 amide bonds. The smallest absolute Gasteiger partial charge is 0.416 e. The Kier molecular flexibility index (Phi) is 4.25. The van der Waals surface area contributed by atoms with Crippen LogP contribution in [-0.4, -0.2) is 19.1 Å². The Labute approximate surface area is 109 Å². The van der Waals surface area contributed by atoms with Crippen LogP contribution in [0.25, 0.3) is 0 Å². The van der Waals surface area contributed by atoms with Crippen LogP contribution in [0.5, 0.6) is 0 Å². The average Bonchev–Trinajstić information content (AvgIpc) is 2.36. The topological polar surface area (TPSA) is 52.3 Å². The Balaban J connectivity index is 3.18. The number of nitrogens with two attached hydrogens (primary N) is 1. The summed E-state index contributed by atoms with van der Waals surface area (Å²) >= 11 is 0. The summed E-state index contributed by atoms with van der Waals surface area (Å²) in [5.74, 6) is -0.664. The van der Waals surface area contributed by atoms with Gasteiger partial charge in [0, 0.05) is 5.41 Å². The van der Waals surface area contributed by atoms with Crippen molar-refractivity contribution in [3.63, 3.8) is 0 Å². The zero-order valence-electron chi connectivity index (χ0n) is 10.9. The second-order valence-corrected chi connectivity index (χ2v) is 4.80. The first-order valence-corrected chi connectivity index (χ1v) is 5.62. The van der Waals surface area contributed by atoms with Crippen molar-refractivity contribution in [2.75, 3.05) is 7.11 Å². The van der Waals surface area contributed by atoms with E-state index in [1.54, 1.807) is 13.8 Å². The zero-order valence-corrected chi connectivity index (χ0v) is 10.9. The molecule has 0 aliphatic rings. The molecule has 106 valence electrons. The number of hydrogen-bond donors (Lipinski definition) is 1. The van der Waals surface area contributed by atoms with Crippen molar-refractivity contribution in [1.82, 2.24) is 0 Å². The summed E-state index contributed by atoms with van der Waals surface area (Å²) in [6.07, 6.45) is -4.43. The first kappa shape index (κ1) is 15.5. The standard InChI is InChI=1S/C13H16F3NO2/c1-12(2,10(17)11(18)19-3)8-5-4-6-9(7-8)13(14,15)16/h4-7,10H,17H2,1-3H3. The van der Waals surface area contributed by atoms with Gasteiger partial charge in [-0.3, -0.25) is 4.79 Å². The van der Waals surface area contributed by atoms with E-state index in [9.17, 15) is 18.0 Å². The molecule has 1 unspecified atom stereocenters. The minimum atomic E-state index is -4.43. The number of benzene rings is 1. The van der Waals surface area contributed by atoms with Gasteiger partial charge >= 0.3 is 12.1 Å². The van der Waals surface area contributed by atoms with Gasteiger partial charge in [-0.25, -0.2) is 0 Å². The molecule has 1 atom stereocenters. The highest BCUT2D eigenvalue weighted by atomic mass is 19.4. The highest BCUT2D eigenvalue weighted by Gasteiger charge is 2.37. The van der Waals surface area contributed by atoms with Crippen molar-refractivity contribution >= 4 is 5.97 Å². The molecular weight excluding hydrogens is 259 g/mol. The number of halogens is 3. The van der Waals surface area contributed by atoms with E-state index in [1.165, 1.54) is 19.2 Å². The molecule has 0 bridgehead atoms. The van der Waals surface area contributed by atoms with E-state index in [-0.39, 0.29) is 0 Å². The molecule has 0 saturated heterocycles. The summed E-state index contributed by atoms with van der Waals surface area (Å²) < 4.78 is 42.5. The number of esters is 1. The normalized spacial score (nSPS) is 14.1. The lowest BCUT2D eigenvalue weighted by Gasteiger charge is -2.30. The molecule has 1 aromatic carbocycles. The van der Waals surface area contributed by atoms with Crippen LogP contribution in [0.3, 0.4) is 0 Å². The fourth-order valence-corrected chi connectivity index (χ4v) is 1.70. The Morgan fingerprint density at radius 1 is 1.26 bits per heavy atom. The highest BCUT2D eigenvalue weighted by Crippen LogP contribution is 2.33. The summed E-state index contributed by atoms with van der Waals surface area (Å²) in [5.41, 5.74) is 4.34. The minimum absolute atomic E-state index is 0.334. The van der Waals surface area contributed by atoms with Crippen molar-refractivity contribution in [2.24, 2.45) is 5.73 Å². The molecule has 0 aromatic heterocycles. The molecule has 1 rings (SSSR count). The van der Waals surface area contributed by atoms with Gasteiger partial charge in [0.05, 0.1) is 12.7 Å². The predicted molar refractivity (Wildman–Crippen MR) is 64.5 cm³/mol. The summed E-state index contributed by atoms with van der Waals surface area (Å²) in [7, 11) is 1.18. The van der Waals surface area contributed by atoms with Crippen LogP contribution >= 0.6 is 0 Å². The largest absolute Gasteiger partial charge is 0.468 e. The van der Waals surface area contributed by atoms with Crippen LogP contribution in [-0.2, 0) is 21.1 Å². The van der Waals surface area contributed by atoms with Crippen molar-refractivity contribution in [1.29, 1.82) is 0 Å². The van der Waals surface area contributed by atoms with Crippen molar-refractivity contribution in [3.8, 4) is 0 Å². The number of hydrogen-bond acceptors (Lipinski definition) is 3. The molecule has 0 spiro atoms. The lowest BCUT2D eigenvalue weighted by atomic mass is 9.77. The summed E-state index contributed by atoms with van der Waals surface area (Å²) in [5, 5.41) is 0. The van der Waals surface area contributed by atoms with E-state index in [0.29, 0.717) is 5.56 Å². The summed E-state index contributed by atoms with van der Waals surface area (Å²) in [6.45, 7) is 3.20. The molecular formula is C13H16F3NO2. The number of methoxy groups -OCH3 is 1. The van der Waals surface area contributed by atoms with Gasteiger partial charge in [-0.05, 0) is 11.6 Å².